The summed E-state index contributed by atoms with van der Waals surface area (Å²) < 4.78 is 6.62. The lowest BCUT2D eigenvalue weighted by molar-refractivity contribution is 0.656. The molecule has 1 nitrogen and oxygen atoms in total. The topological polar surface area (TPSA) is 13.1 Å². The fourth-order valence-corrected chi connectivity index (χ4v) is 8.42. The molecule has 10 rings (SSSR count). The lowest BCUT2D eigenvalue weighted by Crippen LogP contribution is -2.15. The summed E-state index contributed by atoms with van der Waals surface area (Å²) in [5, 5.41) is 9.92. The molecule has 1 aliphatic carbocycles. The first-order chi connectivity index (χ1) is 22.6. The van der Waals surface area contributed by atoms with Gasteiger partial charge in [0.15, 0.2) is 0 Å². The van der Waals surface area contributed by atoms with Crippen LogP contribution in [-0.2, 0) is 5.41 Å². The lowest BCUT2D eigenvalue weighted by atomic mass is 9.79. The Morgan fingerprint density at radius 2 is 1.04 bits per heavy atom. The minimum Gasteiger partial charge on any atom is -0.455 e. The molecule has 1 aliphatic rings. The molecule has 8 aromatic carbocycles. The van der Waals surface area contributed by atoms with E-state index in [0.717, 1.165) is 11.2 Å². The molecule has 216 valence electrons. The Morgan fingerprint density at radius 3 is 1.74 bits per heavy atom. The number of furan rings is 1. The van der Waals surface area contributed by atoms with E-state index in [1.165, 1.54) is 87.6 Å². The van der Waals surface area contributed by atoms with Crippen molar-refractivity contribution in [3.63, 3.8) is 0 Å². The van der Waals surface area contributed by atoms with Crippen LogP contribution in [0, 0.1) is 0 Å². The number of fused-ring (bicyclic) bond motifs is 11. The van der Waals surface area contributed by atoms with Crippen LogP contribution in [0.15, 0.2) is 150 Å². The molecule has 0 saturated heterocycles. The predicted octanol–water partition coefficient (Wildman–Crippen LogP) is 12.7. The molecule has 0 radical (unpaired) electrons. The molecule has 0 atom stereocenters. The van der Waals surface area contributed by atoms with E-state index in [1.54, 1.807) is 0 Å². The van der Waals surface area contributed by atoms with Crippen molar-refractivity contribution in [1.82, 2.24) is 0 Å². The Bertz CT molecular complexity index is 2650. The molecule has 0 spiro atoms. The summed E-state index contributed by atoms with van der Waals surface area (Å²) in [4.78, 5) is 0. The van der Waals surface area contributed by atoms with E-state index in [2.05, 4.69) is 159 Å². The van der Waals surface area contributed by atoms with Crippen LogP contribution in [0.1, 0.15) is 25.0 Å². The number of hydrogen-bond acceptors (Lipinski definition) is 1. The highest BCUT2D eigenvalue weighted by molar-refractivity contribution is 6.22. The van der Waals surface area contributed by atoms with E-state index in [9.17, 15) is 0 Å². The molecule has 9 aromatic rings. The van der Waals surface area contributed by atoms with E-state index < -0.39 is 0 Å². The summed E-state index contributed by atoms with van der Waals surface area (Å²) in [7, 11) is 0. The van der Waals surface area contributed by atoms with Gasteiger partial charge in [0.25, 0.3) is 0 Å². The van der Waals surface area contributed by atoms with E-state index in [1.807, 2.05) is 0 Å². The van der Waals surface area contributed by atoms with E-state index in [0.29, 0.717) is 0 Å². The van der Waals surface area contributed by atoms with Crippen LogP contribution in [0.4, 0.5) is 0 Å². The standard InChI is InChI=1S/C45H30O/c1-45(2)38-25-22-29(41-33-17-8-6-15-31(33)40(27-12-4-3-5-13-27)32-16-7-9-18-34(32)41)26-37(38)35-23-20-28-21-24-36-30-14-10-11-19-39(30)46-44(36)42(28)43(35)45/h3-26H,1-2H3. The maximum atomic E-state index is 6.62. The van der Waals surface area contributed by atoms with Crippen molar-refractivity contribution in [3.8, 4) is 33.4 Å². The van der Waals surface area contributed by atoms with Crippen LogP contribution in [0.2, 0.25) is 0 Å². The number of rotatable bonds is 2. The number of benzene rings is 8. The first-order valence-electron chi connectivity index (χ1n) is 16.1. The largest absolute Gasteiger partial charge is 0.455 e. The number of hydrogen-bond donors (Lipinski definition) is 0. The average Bonchev–Trinajstić information content (AvgIpc) is 3.59. The fraction of sp³-hybridized carbons (Fsp3) is 0.0667. The van der Waals surface area contributed by atoms with Gasteiger partial charge in [0.2, 0.25) is 0 Å². The minimum absolute atomic E-state index is 0.183. The second kappa shape index (κ2) is 9.19. The molecule has 0 amide bonds. The third-order valence-electron chi connectivity index (χ3n) is 10.4. The lowest BCUT2D eigenvalue weighted by Gasteiger charge is -2.23. The summed E-state index contributed by atoms with van der Waals surface area (Å²) in [6.45, 7) is 4.75. The third kappa shape index (κ3) is 3.35. The molecule has 0 N–H and O–H groups in total. The monoisotopic (exact) mass is 586 g/mol. The van der Waals surface area contributed by atoms with Crippen LogP contribution < -0.4 is 0 Å². The van der Waals surface area contributed by atoms with Crippen LogP contribution in [-0.4, -0.2) is 0 Å². The molecule has 0 saturated carbocycles. The third-order valence-corrected chi connectivity index (χ3v) is 10.4. The first-order valence-corrected chi connectivity index (χ1v) is 16.1. The van der Waals surface area contributed by atoms with E-state index in [-0.39, 0.29) is 5.41 Å². The van der Waals surface area contributed by atoms with Crippen molar-refractivity contribution in [2.75, 3.05) is 0 Å². The Labute approximate surface area is 267 Å². The molecule has 1 heterocycles. The first kappa shape index (κ1) is 25.6. The highest BCUT2D eigenvalue weighted by Crippen LogP contribution is 2.54. The number of para-hydroxylation sites is 1. The van der Waals surface area contributed by atoms with Gasteiger partial charge in [-0.3, -0.25) is 0 Å². The SMILES string of the molecule is CC1(C)c2ccc(-c3c4ccccc4c(-c4ccccc4)c4ccccc34)cc2-c2ccc3ccc4c5ccccc5oc4c3c21. The van der Waals surface area contributed by atoms with Crippen LogP contribution in [0.5, 0.6) is 0 Å². The van der Waals surface area contributed by atoms with Gasteiger partial charge < -0.3 is 4.42 Å². The summed E-state index contributed by atoms with van der Waals surface area (Å²) in [6.07, 6.45) is 0. The van der Waals surface area contributed by atoms with Crippen LogP contribution in [0.25, 0.3) is 87.6 Å². The zero-order valence-electron chi connectivity index (χ0n) is 25.8. The highest BCUT2D eigenvalue weighted by Gasteiger charge is 2.38. The van der Waals surface area contributed by atoms with Gasteiger partial charge in [0.05, 0.1) is 0 Å². The second-order valence-electron chi connectivity index (χ2n) is 13.2. The van der Waals surface area contributed by atoms with Gasteiger partial charge in [0, 0.05) is 21.6 Å². The zero-order chi connectivity index (χ0) is 30.6. The van der Waals surface area contributed by atoms with Crippen molar-refractivity contribution in [2.24, 2.45) is 0 Å². The van der Waals surface area contributed by atoms with Crippen molar-refractivity contribution >= 4 is 54.3 Å². The molecular formula is C45H30O. The molecule has 1 aromatic heterocycles. The molecule has 0 fully saturated rings. The van der Waals surface area contributed by atoms with Crippen molar-refractivity contribution in [2.45, 2.75) is 19.3 Å². The molecule has 0 aliphatic heterocycles. The van der Waals surface area contributed by atoms with Gasteiger partial charge >= 0.3 is 0 Å². The van der Waals surface area contributed by atoms with Gasteiger partial charge in [0.1, 0.15) is 11.2 Å². The zero-order valence-corrected chi connectivity index (χ0v) is 25.8. The normalized spacial score (nSPS) is 13.6. The maximum Gasteiger partial charge on any atom is 0.143 e. The van der Waals surface area contributed by atoms with Gasteiger partial charge in [-0.05, 0) is 89.6 Å². The van der Waals surface area contributed by atoms with Crippen molar-refractivity contribution < 1.29 is 4.42 Å². The second-order valence-corrected chi connectivity index (χ2v) is 13.2. The Morgan fingerprint density at radius 1 is 0.457 bits per heavy atom. The van der Waals surface area contributed by atoms with Gasteiger partial charge in [-0.2, -0.15) is 0 Å². The minimum atomic E-state index is -0.183. The highest BCUT2D eigenvalue weighted by atomic mass is 16.3. The van der Waals surface area contributed by atoms with Gasteiger partial charge in [-0.15, -0.1) is 0 Å². The summed E-state index contributed by atoms with van der Waals surface area (Å²) in [6, 6.07) is 53.3. The Kier molecular flexibility index (Phi) is 5.12. The Hall–Kier alpha value is -5.66. The van der Waals surface area contributed by atoms with Crippen LogP contribution >= 0.6 is 0 Å². The molecule has 46 heavy (non-hydrogen) atoms. The Balaban J connectivity index is 1.27. The van der Waals surface area contributed by atoms with Crippen molar-refractivity contribution in [3.05, 3.63) is 157 Å². The van der Waals surface area contributed by atoms with Gasteiger partial charge in [-0.1, -0.05) is 141 Å². The molecule has 0 unspecified atom stereocenters. The summed E-state index contributed by atoms with van der Waals surface area (Å²) in [5.41, 5.74) is 12.2. The quantitative estimate of drug-likeness (QED) is 0.184. The van der Waals surface area contributed by atoms with E-state index >= 15 is 0 Å². The summed E-state index contributed by atoms with van der Waals surface area (Å²) >= 11 is 0. The van der Waals surface area contributed by atoms with Crippen LogP contribution in [0.3, 0.4) is 0 Å². The summed E-state index contributed by atoms with van der Waals surface area (Å²) in [5.74, 6) is 0. The fourth-order valence-electron chi connectivity index (χ4n) is 8.42. The van der Waals surface area contributed by atoms with Gasteiger partial charge in [-0.25, -0.2) is 0 Å². The predicted molar refractivity (Wildman–Crippen MR) is 195 cm³/mol. The maximum absolute atomic E-state index is 6.62. The molecule has 1 heteroatoms. The average molecular weight is 587 g/mol. The molecule has 0 bridgehead atoms. The van der Waals surface area contributed by atoms with E-state index in [4.69, 9.17) is 4.42 Å². The van der Waals surface area contributed by atoms with Crippen molar-refractivity contribution in [1.29, 1.82) is 0 Å². The smallest absolute Gasteiger partial charge is 0.143 e. The molecular weight excluding hydrogens is 556 g/mol.